The van der Waals surface area contributed by atoms with Crippen molar-refractivity contribution in [3.8, 4) is 11.5 Å². The van der Waals surface area contributed by atoms with Crippen molar-refractivity contribution in [2.45, 2.75) is 26.4 Å². The summed E-state index contributed by atoms with van der Waals surface area (Å²) >= 11 is 0. The van der Waals surface area contributed by atoms with Crippen LogP contribution >= 0.6 is 0 Å². The Bertz CT molecular complexity index is 702. The number of amides is 2. The zero-order valence-corrected chi connectivity index (χ0v) is 14.6. The highest BCUT2D eigenvalue weighted by Crippen LogP contribution is 2.32. The van der Waals surface area contributed by atoms with Gasteiger partial charge in [-0.05, 0) is 36.6 Å². The normalized spacial score (nSPS) is 15.3. The van der Waals surface area contributed by atoms with Crippen LogP contribution in [0.5, 0.6) is 11.5 Å². The van der Waals surface area contributed by atoms with E-state index in [9.17, 15) is 4.79 Å². The number of hydrogen-bond acceptors (Lipinski definition) is 4. The first kappa shape index (κ1) is 17.1. The summed E-state index contributed by atoms with van der Waals surface area (Å²) in [5, 5.41) is 10.0. The van der Waals surface area contributed by atoms with E-state index in [1.54, 1.807) is 6.20 Å². The molecule has 0 saturated carbocycles. The van der Waals surface area contributed by atoms with Gasteiger partial charge in [0.2, 0.25) is 0 Å². The summed E-state index contributed by atoms with van der Waals surface area (Å²) < 4.78 is 13.0. The van der Waals surface area contributed by atoms with Crippen molar-refractivity contribution < 1.29 is 14.3 Å². The van der Waals surface area contributed by atoms with Gasteiger partial charge in [-0.3, -0.25) is 4.68 Å². The standard InChI is InChI=1S/C18H24N4O3/c1-13(12-22-7-3-6-20-22)11-19-18(23)21-14(2)15-4-5-16-17(10-15)25-9-8-24-16/h3-7,10,13-14H,8-9,11-12H2,1-2H3,(H2,19,21,23)/t13-,14+/m1/s1. The third-order valence-corrected chi connectivity index (χ3v) is 4.08. The molecule has 1 aromatic heterocycles. The smallest absolute Gasteiger partial charge is 0.315 e. The molecule has 1 aliphatic rings. The third-order valence-electron chi connectivity index (χ3n) is 4.08. The van der Waals surface area contributed by atoms with Crippen LogP contribution in [0.4, 0.5) is 4.79 Å². The van der Waals surface area contributed by atoms with Crippen LogP contribution in [0.1, 0.15) is 25.5 Å². The van der Waals surface area contributed by atoms with E-state index in [-0.39, 0.29) is 18.0 Å². The highest BCUT2D eigenvalue weighted by molar-refractivity contribution is 5.74. The zero-order valence-electron chi connectivity index (χ0n) is 14.6. The monoisotopic (exact) mass is 344 g/mol. The van der Waals surface area contributed by atoms with Crippen LogP contribution in [0, 0.1) is 5.92 Å². The molecule has 0 radical (unpaired) electrons. The second-order valence-corrected chi connectivity index (χ2v) is 6.31. The van der Waals surface area contributed by atoms with Gasteiger partial charge in [-0.1, -0.05) is 13.0 Å². The summed E-state index contributed by atoms with van der Waals surface area (Å²) in [5.41, 5.74) is 0.976. The highest BCUT2D eigenvalue weighted by Gasteiger charge is 2.16. The molecule has 0 spiro atoms. The Balaban J connectivity index is 1.47. The molecular weight excluding hydrogens is 320 g/mol. The molecule has 0 bridgehead atoms. The van der Waals surface area contributed by atoms with Gasteiger partial charge in [0.05, 0.1) is 6.04 Å². The van der Waals surface area contributed by atoms with Crippen LogP contribution < -0.4 is 20.1 Å². The lowest BCUT2D eigenvalue weighted by molar-refractivity contribution is 0.171. The summed E-state index contributed by atoms with van der Waals surface area (Å²) in [5.74, 6) is 1.76. The van der Waals surface area contributed by atoms with E-state index in [2.05, 4.69) is 22.7 Å². The van der Waals surface area contributed by atoms with Crippen LogP contribution in [0.15, 0.2) is 36.7 Å². The number of ether oxygens (including phenoxy) is 2. The zero-order chi connectivity index (χ0) is 17.6. The molecule has 0 saturated heterocycles. The molecule has 2 heterocycles. The number of carbonyl (C=O) groups is 1. The molecule has 2 aromatic rings. The minimum absolute atomic E-state index is 0.128. The molecule has 0 fully saturated rings. The molecule has 1 aliphatic heterocycles. The summed E-state index contributed by atoms with van der Waals surface area (Å²) in [6.45, 7) is 6.49. The second-order valence-electron chi connectivity index (χ2n) is 6.31. The van der Waals surface area contributed by atoms with Gasteiger partial charge in [0.15, 0.2) is 11.5 Å². The number of aromatic nitrogens is 2. The molecule has 2 amide bonds. The van der Waals surface area contributed by atoms with E-state index >= 15 is 0 Å². The van der Waals surface area contributed by atoms with Gasteiger partial charge < -0.3 is 20.1 Å². The Hall–Kier alpha value is -2.70. The number of fused-ring (bicyclic) bond motifs is 1. The van der Waals surface area contributed by atoms with E-state index in [4.69, 9.17) is 9.47 Å². The average molecular weight is 344 g/mol. The molecular formula is C18H24N4O3. The number of nitrogens with zero attached hydrogens (tertiary/aromatic N) is 2. The maximum atomic E-state index is 12.1. The minimum Gasteiger partial charge on any atom is -0.486 e. The van der Waals surface area contributed by atoms with Crippen molar-refractivity contribution in [1.82, 2.24) is 20.4 Å². The van der Waals surface area contributed by atoms with Gasteiger partial charge in [-0.2, -0.15) is 5.10 Å². The van der Waals surface area contributed by atoms with Crippen molar-refractivity contribution in [3.63, 3.8) is 0 Å². The fraction of sp³-hybridized carbons (Fsp3) is 0.444. The molecule has 7 heteroatoms. The predicted molar refractivity (Wildman–Crippen MR) is 93.8 cm³/mol. The molecule has 2 atom stereocenters. The molecule has 7 nitrogen and oxygen atoms in total. The van der Waals surface area contributed by atoms with Gasteiger partial charge in [0.25, 0.3) is 0 Å². The van der Waals surface area contributed by atoms with Crippen molar-refractivity contribution in [3.05, 3.63) is 42.2 Å². The van der Waals surface area contributed by atoms with Crippen LogP contribution in [0.25, 0.3) is 0 Å². The molecule has 2 N–H and O–H groups in total. The van der Waals surface area contributed by atoms with Crippen molar-refractivity contribution in [1.29, 1.82) is 0 Å². The lowest BCUT2D eigenvalue weighted by atomic mass is 10.1. The maximum absolute atomic E-state index is 12.1. The molecule has 134 valence electrons. The van der Waals surface area contributed by atoms with Gasteiger partial charge in [-0.15, -0.1) is 0 Å². The largest absolute Gasteiger partial charge is 0.486 e. The molecule has 1 aromatic carbocycles. The van der Waals surface area contributed by atoms with E-state index in [0.29, 0.717) is 19.8 Å². The van der Waals surface area contributed by atoms with Gasteiger partial charge in [-0.25, -0.2) is 4.79 Å². The number of rotatable bonds is 6. The molecule has 0 aliphatic carbocycles. The van der Waals surface area contributed by atoms with E-state index < -0.39 is 0 Å². The van der Waals surface area contributed by atoms with Gasteiger partial charge >= 0.3 is 6.03 Å². The lowest BCUT2D eigenvalue weighted by Crippen LogP contribution is -2.39. The fourth-order valence-electron chi connectivity index (χ4n) is 2.72. The van der Waals surface area contributed by atoms with Crippen LogP contribution in [0.2, 0.25) is 0 Å². The number of carbonyl (C=O) groups excluding carboxylic acids is 1. The maximum Gasteiger partial charge on any atom is 0.315 e. The van der Waals surface area contributed by atoms with Gasteiger partial charge in [0.1, 0.15) is 13.2 Å². The van der Waals surface area contributed by atoms with Crippen LogP contribution in [-0.4, -0.2) is 35.6 Å². The Morgan fingerprint density at radius 1 is 1.28 bits per heavy atom. The highest BCUT2D eigenvalue weighted by atomic mass is 16.6. The first-order valence-corrected chi connectivity index (χ1v) is 8.53. The van der Waals surface area contributed by atoms with Crippen molar-refractivity contribution in [2.24, 2.45) is 5.92 Å². The average Bonchev–Trinajstić information content (AvgIpc) is 3.12. The third kappa shape index (κ3) is 4.65. The van der Waals surface area contributed by atoms with Crippen molar-refractivity contribution in [2.75, 3.05) is 19.8 Å². The Kier molecular flexibility index (Phi) is 5.42. The molecule has 0 unspecified atom stereocenters. The Morgan fingerprint density at radius 3 is 2.84 bits per heavy atom. The predicted octanol–water partition coefficient (Wildman–Crippen LogP) is 2.35. The van der Waals surface area contributed by atoms with E-state index in [0.717, 1.165) is 23.6 Å². The molecule has 3 rings (SSSR count). The minimum atomic E-state index is -0.185. The first-order valence-electron chi connectivity index (χ1n) is 8.53. The topological polar surface area (TPSA) is 77.4 Å². The van der Waals surface area contributed by atoms with Crippen molar-refractivity contribution >= 4 is 6.03 Å². The SMILES string of the molecule is C[C@H](CNC(=O)N[C@@H](C)c1ccc2c(c1)OCCO2)Cn1cccn1. The summed E-state index contributed by atoms with van der Waals surface area (Å²) in [6, 6.07) is 7.32. The lowest BCUT2D eigenvalue weighted by Gasteiger charge is -2.21. The number of nitrogens with one attached hydrogen (secondary N) is 2. The Morgan fingerprint density at radius 2 is 2.08 bits per heavy atom. The van der Waals surface area contributed by atoms with E-state index in [1.807, 2.05) is 42.1 Å². The molecule has 25 heavy (non-hydrogen) atoms. The summed E-state index contributed by atoms with van der Waals surface area (Å²) in [7, 11) is 0. The fourth-order valence-corrected chi connectivity index (χ4v) is 2.72. The number of hydrogen-bond donors (Lipinski definition) is 2. The second kappa shape index (κ2) is 7.92. The quantitative estimate of drug-likeness (QED) is 0.843. The van der Waals surface area contributed by atoms with Crippen LogP contribution in [0.3, 0.4) is 0 Å². The summed E-state index contributed by atoms with van der Waals surface area (Å²) in [6.07, 6.45) is 3.67. The number of benzene rings is 1. The van der Waals surface area contributed by atoms with Crippen LogP contribution in [-0.2, 0) is 6.54 Å². The first-order chi connectivity index (χ1) is 12.1. The number of urea groups is 1. The van der Waals surface area contributed by atoms with E-state index in [1.165, 1.54) is 0 Å². The van der Waals surface area contributed by atoms with Gasteiger partial charge in [0, 0.05) is 25.5 Å². The summed E-state index contributed by atoms with van der Waals surface area (Å²) in [4.78, 5) is 12.1. The Labute approximate surface area is 147 Å².